The monoisotopic (exact) mass is 712 g/mol. The van der Waals surface area contributed by atoms with Crippen LogP contribution < -0.4 is 4.90 Å². The summed E-state index contributed by atoms with van der Waals surface area (Å²) in [7, 11) is 0. The van der Waals surface area contributed by atoms with E-state index in [-0.39, 0.29) is 0 Å². The normalized spacial score (nSPS) is 11.6. The Hall–Kier alpha value is -7.42. The molecule has 0 saturated carbocycles. The van der Waals surface area contributed by atoms with Gasteiger partial charge in [-0.1, -0.05) is 170 Å². The number of rotatable bonds is 6. The highest BCUT2D eigenvalue weighted by molar-refractivity contribution is 6.18. The quantitative estimate of drug-likeness (QED) is 0.167. The maximum absolute atomic E-state index is 2.43. The Balaban J connectivity index is 1.10. The van der Waals surface area contributed by atoms with Crippen LogP contribution in [0, 0.1) is 0 Å². The van der Waals surface area contributed by atoms with Crippen molar-refractivity contribution in [3.05, 3.63) is 218 Å². The summed E-state index contributed by atoms with van der Waals surface area (Å²) in [5.74, 6) is 0. The summed E-state index contributed by atoms with van der Waals surface area (Å²) in [6.07, 6.45) is 0. The third-order valence-corrected chi connectivity index (χ3v) is 11.4. The lowest BCUT2D eigenvalue weighted by Gasteiger charge is -2.28. The molecule has 0 atom stereocenters. The van der Waals surface area contributed by atoms with Crippen molar-refractivity contribution in [2.24, 2.45) is 0 Å². The lowest BCUT2D eigenvalue weighted by molar-refractivity contribution is 1.18. The van der Waals surface area contributed by atoms with Crippen LogP contribution in [0.25, 0.3) is 82.1 Å². The Kier molecular flexibility index (Phi) is 7.53. The third kappa shape index (κ3) is 5.19. The largest absolute Gasteiger partial charge is 0.310 e. The number of aromatic nitrogens is 1. The molecule has 262 valence electrons. The maximum Gasteiger partial charge on any atom is 0.0619 e. The molecule has 0 spiro atoms. The van der Waals surface area contributed by atoms with Crippen molar-refractivity contribution >= 4 is 71.2 Å². The molecule has 11 aromatic rings. The van der Waals surface area contributed by atoms with Gasteiger partial charge in [-0.05, 0) is 92.3 Å². The number of benzene rings is 10. The lowest BCUT2D eigenvalue weighted by atomic mass is 9.93. The average Bonchev–Trinajstić information content (AvgIpc) is 3.62. The third-order valence-electron chi connectivity index (χ3n) is 11.4. The Morgan fingerprint density at radius 2 is 0.857 bits per heavy atom. The van der Waals surface area contributed by atoms with Crippen LogP contribution in [0.2, 0.25) is 0 Å². The molecule has 10 aromatic carbocycles. The molecular weight excluding hydrogens is 677 g/mol. The first kappa shape index (κ1) is 32.0. The summed E-state index contributed by atoms with van der Waals surface area (Å²) in [6.45, 7) is 0. The van der Waals surface area contributed by atoms with E-state index in [2.05, 4.69) is 228 Å². The zero-order valence-corrected chi connectivity index (χ0v) is 30.7. The van der Waals surface area contributed by atoms with Crippen LogP contribution in [-0.2, 0) is 0 Å². The highest BCUT2D eigenvalue weighted by Crippen LogP contribution is 2.44. The van der Waals surface area contributed by atoms with E-state index < -0.39 is 0 Å². The second-order valence-corrected chi connectivity index (χ2v) is 14.5. The average molecular weight is 713 g/mol. The SMILES string of the molecule is c1ccc(-c2ccc(N(c3ccc(-n4c5ccccc5c5ccc6ccccc6c54)cc3)c3ccc(-c4cccc5ccccc45)c4ccccc34)cc2)cc1. The molecule has 0 radical (unpaired) electrons. The number of para-hydroxylation sites is 1. The van der Waals surface area contributed by atoms with Crippen molar-refractivity contribution in [1.82, 2.24) is 4.57 Å². The van der Waals surface area contributed by atoms with E-state index in [0.29, 0.717) is 0 Å². The van der Waals surface area contributed by atoms with E-state index >= 15 is 0 Å². The second-order valence-electron chi connectivity index (χ2n) is 14.5. The van der Waals surface area contributed by atoms with E-state index in [1.54, 1.807) is 0 Å². The van der Waals surface area contributed by atoms with E-state index in [1.165, 1.54) is 76.4 Å². The summed E-state index contributed by atoms with van der Waals surface area (Å²) in [4.78, 5) is 2.41. The number of fused-ring (bicyclic) bond motifs is 7. The fourth-order valence-electron chi connectivity index (χ4n) is 8.78. The molecule has 0 amide bonds. The Morgan fingerprint density at radius 1 is 0.304 bits per heavy atom. The highest BCUT2D eigenvalue weighted by Gasteiger charge is 2.20. The van der Waals surface area contributed by atoms with E-state index in [9.17, 15) is 0 Å². The van der Waals surface area contributed by atoms with Crippen LogP contribution >= 0.6 is 0 Å². The van der Waals surface area contributed by atoms with Gasteiger partial charge in [-0.25, -0.2) is 0 Å². The van der Waals surface area contributed by atoms with Gasteiger partial charge in [0.1, 0.15) is 0 Å². The smallest absolute Gasteiger partial charge is 0.0619 e. The molecule has 0 bridgehead atoms. The topological polar surface area (TPSA) is 8.17 Å². The molecule has 56 heavy (non-hydrogen) atoms. The second kappa shape index (κ2) is 13.2. The fourth-order valence-corrected chi connectivity index (χ4v) is 8.78. The number of hydrogen-bond donors (Lipinski definition) is 0. The summed E-state index contributed by atoms with van der Waals surface area (Å²) in [6, 6.07) is 79.4. The van der Waals surface area contributed by atoms with Crippen LogP contribution in [0.4, 0.5) is 17.1 Å². The van der Waals surface area contributed by atoms with Gasteiger partial charge in [-0.3, -0.25) is 0 Å². The standard InChI is InChI=1S/C54H36N2/c1-2-13-37(14-3-1)38-25-28-41(29-26-38)55(53-36-35-48(47-20-8-9-21-49(47)53)46-23-12-17-39-15-4-6-18-44(39)46)42-30-32-43(33-31-42)56-52-24-11-10-22-50(52)51-34-27-40-16-5-7-19-45(40)54(51)56/h1-36H. The minimum Gasteiger partial charge on any atom is -0.310 e. The Labute approximate surface area is 325 Å². The Bertz CT molecular complexity index is 3220. The van der Waals surface area contributed by atoms with Gasteiger partial charge in [0, 0.05) is 38.6 Å². The zero-order valence-electron chi connectivity index (χ0n) is 30.7. The predicted molar refractivity (Wildman–Crippen MR) is 239 cm³/mol. The van der Waals surface area contributed by atoms with Crippen molar-refractivity contribution in [2.45, 2.75) is 0 Å². The van der Waals surface area contributed by atoms with Gasteiger partial charge in [-0.2, -0.15) is 0 Å². The summed E-state index contributed by atoms with van der Waals surface area (Å²) < 4.78 is 2.43. The maximum atomic E-state index is 2.43. The summed E-state index contributed by atoms with van der Waals surface area (Å²) in [5, 5.41) is 9.94. The molecule has 2 heteroatoms. The van der Waals surface area contributed by atoms with Gasteiger partial charge in [0.2, 0.25) is 0 Å². The summed E-state index contributed by atoms with van der Waals surface area (Å²) >= 11 is 0. The first-order valence-electron chi connectivity index (χ1n) is 19.3. The van der Waals surface area contributed by atoms with Gasteiger partial charge in [-0.15, -0.1) is 0 Å². The summed E-state index contributed by atoms with van der Waals surface area (Å²) in [5.41, 5.74) is 11.8. The number of nitrogens with zero attached hydrogens (tertiary/aromatic N) is 2. The van der Waals surface area contributed by atoms with Crippen molar-refractivity contribution in [2.75, 3.05) is 4.90 Å². The van der Waals surface area contributed by atoms with E-state index in [1.807, 2.05) is 0 Å². The van der Waals surface area contributed by atoms with Crippen LogP contribution in [0.3, 0.4) is 0 Å². The van der Waals surface area contributed by atoms with Gasteiger partial charge in [0.15, 0.2) is 0 Å². The molecule has 0 aliphatic carbocycles. The molecule has 11 rings (SSSR count). The van der Waals surface area contributed by atoms with Crippen LogP contribution in [0.5, 0.6) is 0 Å². The van der Waals surface area contributed by atoms with Gasteiger partial charge < -0.3 is 9.47 Å². The molecule has 1 heterocycles. The van der Waals surface area contributed by atoms with Gasteiger partial charge in [0.25, 0.3) is 0 Å². The minimum atomic E-state index is 1.09. The minimum absolute atomic E-state index is 1.09. The molecule has 0 aliphatic rings. The number of anilines is 3. The number of hydrogen-bond acceptors (Lipinski definition) is 1. The first-order chi connectivity index (χ1) is 27.8. The van der Waals surface area contributed by atoms with E-state index in [4.69, 9.17) is 0 Å². The molecule has 0 N–H and O–H groups in total. The Morgan fingerprint density at radius 3 is 1.62 bits per heavy atom. The fraction of sp³-hybridized carbons (Fsp3) is 0. The van der Waals surface area contributed by atoms with Gasteiger partial charge >= 0.3 is 0 Å². The molecule has 0 unspecified atom stereocenters. The van der Waals surface area contributed by atoms with Crippen LogP contribution in [0.15, 0.2) is 218 Å². The van der Waals surface area contributed by atoms with Crippen molar-refractivity contribution < 1.29 is 0 Å². The molecular formula is C54H36N2. The van der Waals surface area contributed by atoms with Crippen molar-refractivity contribution in [3.8, 4) is 27.9 Å². The van der Waals surface area contributed by atoms with Gasteiger partial charge in [0.05, 0.1) is 16.7 Å². The molecule has 0 saturated heterocycles. The molecule has 2 nitrogen and oxygen atoms in total. The van der Waals surface area contributed by atoms with Crippen LogP contribution in [-0.4, -0.2) is 4.57 Å². The zero-order chi connectivity index (χ0) is 37.0. The predicted octanol–water partition coefficient (Wildman–Crippen LogP) is 15.0. The molecule has 0 fully saturated rings. The first-order valence-corrected chi connectivity index (χ1v) is 19.3. The highest BCUT2D eigenvalue weighted by atomic mass is 15.1. The van der Waals surface area contributed by atoms with E-state index in [0.717, 1.165) is 22.7 Å². The molecule has 1 aromatic heterocycles. The van der Waals surface area contributed by atoms with Crippen LogP contribution in [0.1, 0.15) is 0 Å². The molecule has 0 aliphatic heterocycles. The van der Waals surface area contributed by atoms with Crippen molar-refractivity contribution in [3.63, 3.8) is 0 Å². The lowest BCUT2D eigenvalue weighted by Crippen LogP contribution is -2.11. The van der Waals surface area contributed by atoms with Crippen molar-refractivity contribution in [1.29, 1.82) is 0 Å².